The van der Waals surface area contributed by atoms with Crippen LogP contribution >= 0.6 is 0 Å². The molecule has 0 unspecified atom stereocenters. The molecule has 0 saturated heterocycles. The van der Waals surface area contributed by atoms with Gasteiger partial charge in [0.2, 0.25) is 0 Å². The zero-order chi connectivity index (χ0) is 16.7. The van der Waals surface area contributed by atoms with E-state index in [4.69, 9.17) is 9.47 Å². The van der Waals surface area contributed by atoms with Gasteiger partial charge >= 0.3 is 12.1 Å². The van der Waals surface area contributed by atoms with Crippen LogP contribution in [-0.2, 0) is 16.1 Å². The molecule has 0 aliphatic rings. The van der Waals surface area contributed by atoms with Crippen LogP contribution in [0.4, 0.5) is 4.79 Å². The van der Waals surface area contributed by atoms with Crippen molar-refractivity contribution in [3.8, 4) is 5.75 Å². The van der Waals surface area contributed by atoms with Crippen molar-refractivity contribution in [2.24, 2.45) is 0 Å². The fourth-order valence-corrected chi connectivity index (χ4v) is 2.06. The Morgan fingerprint density at radius 3 is 2.39 bits per heavy atom. The first-order valence-electron chi connectivity index (χ1n) is 6.94. The van der Waals surface area contributed by atoms with Crippen LogP contribution in [0.1, 0.15) is 17.2 Å². The fraction of sp³-hybridized carbons (Fsp3) is 0.176. The molecule has 0 radical (unpaired) electrons. The minimum Gasteiger partial charge on any atom is -0.496 e. The second-order valence-electron chi connectivity index (χ2n) is 4.72. The van der Waals surface area contributed by atoms with Crippen LogP contribution in [-0.4, -0.2) is 24.3 Å². The Kier molecular flexibility index (Phi) is 5.57. The molecule has 120 valence electrons. The first-order chi connectivity index (χ1) is 11.1. The van der Waals surface area contributed by atoms with Gasteiger partial charge in [-0.05, 0) is 11.6 Å². The number of rotatable bonds is 6. The highest BCUT2D eigenvalue weighted by Crippen LogP contribution is 2.25. The number of ether oxygens (including phenoxy) is 2. The Morgan fingerprint density at radius 2 is 1.74 bits per heavy atom. The molecule has 0 aliphatic carbocycles. The number of hydrogen-bond acceptors (Lipinski definition) is 4. The number of hydrogen-bond donors (Lipinski definition) is 2. The maximum absolute atomic E-state index is 11.9. The molecule has 1 amide bonds. The molecule has 0 aromatic heterocycles. The lowest BCUT2D eigenvalue weighted by atomic mass is 10.1. The number of benzene rings is 2. The monoisotopic (exact) mass is 315 g/mol. The quantitative estimate of drug-likeness (QED) is 0.856. The van der Waals surface area contributed by atoms with Crippen LogP contribution in [0.5, 0.6) is 5.75 Å². The van der Waals surface area contributed by atoms with Crippen LogP contribution in [0.2, 0.25) is 0 Å². The van der Waals surface area contributed by atoms with E-state index in [1.807, 2.05) is 30.3 Å². The molecule has 0 bridgehead atoms. The number of carbonyl (C=O) groups is 2. The van der Waals surface area contributed by atoms with Crippen LogP contribution < -0.4 is 10.1 Å². The lowest BCUT2D eigenvalue weighted by Crippen LogP contribution is -2.34. The third-order valence-electron chi connectivity index (χ3n) is 3.17. The topological polar surface area (TPSA) is 84.9 Å². The summed E-state index contributed by atoms with van der Waals surface area (Å²) >= 11 is 0. The van der Waals surface area contributed by atoms with Crippen molar-refractivity contribution in [2.45, 2.75) is 12.6 Å². The summed E-state index contributed by atoms with van der Waals surface area (Å²) in [4.78, 5) is 23.3. The summed E-state index contributed by atoms with van der Waals surface area (Å²) in [6, 6.07) is 14.5. The second-order valence-corrected chi connectivity index (χ2v) is 4.72. The molecule has 6 heteroatoms. The largest absolute Gasteiger partial charge is 0.496 e. The van der Waals surface area contributed by atoms with E-state index in [-0.39, 0.29) is 6.61 Å². The smallest absolute Gasteiger partial charge is 0.408 e. The number of para-hydroxylation sites is 1. The van der Waals surface area contributed by atoms with Crippen LogP contribution in [0.3, 0.4) is 0 Å². The van der Waals surface area contributed by atoms with E-state index in [1.54, 1.807) is 24.3 Å². The molecule has 1 atom stereocenters. The number of carbonyl (C=O) groups excluding carboxylic acids is 1. The number of aliphatic carboxylic acids is 1. The Morgan fingerprint density at radius 1 is 1.09 bits per heavy atom. The van der Waals surface area contributed by atoms with Crippen LogP contribution in [0, 0.1) is 0 Å². The molecule has 0 heterocycles. The molecule has 2 N–H and O–H groups in total. The van der Waals surface area contributed by atoms with Crippen molar-refractivity contribution >= 4 is 12.1 Å². The van der Waals surface area contributed by atoms with E-state index in [0.29, 0.717) is 11.3 Å². The SMILES string of the molecule is COc1ccccc1[C@H](NC(=O)OCc1ccccc1)C(=O)O. The first kappa shape index (κ1) is 16.4. The third kappa shape index (κ3) is 4.47. The molecule has 0 aliphatic heterocycles. The molecule has 0 spiro atoms. The highest BCUT2D eigenvalue weighted by molar-refractivity contribution is 5.82. The molecule has 2 rings (SSSR count). The van der Waals surface area contributed by atoms with Gasteiger partial charge in [0.05, 0.1) is 7.11 Å². The molecule has 23 heavy (non-hydrogen) atoms. The lowest BCUT2D eigenvalue weighted by Gasteiger charge is -2.17. The van der Waals surface area contributed by atoms with E-state index in [2.05, 4.69) is 5.32 Å². The number of methoxy groups -OCH3 is 1. The van der Waals surface area contributed by atoms with E-state index < -0.39 is 18.1 Å². The van der Waals surface area contributed by atoms with Gasteiger partial charge in [-0.15, -0.1) is 0 Å². The summed E-state index contributed by atoms with van der Waals surface area (Å²) in [5.41, 5.74) is 1.16. The molecule has 0 fully saturated rings. The van der Waals surface area contributed by atoms with Gasteiger partial charge in [0.1, 0.15) is 12.4 Å². The predicted octanol–water partition coefficient (Wildman–Crippen LogP) is 2.75. The number of carboxylic acids is 1. The Bertz CT molecular complexity index is 672. The molecule has 2 aromatic rings. The zero-order valence-electron chi connectivity index (χ0n) is 12.6. The Hall–Kier alpha value is -3.02. The molecule has 2 aromatic carbocycles. The third-order valence-corrected chi connectivity index (χ3v) is 3.17. The van der Waals surface area contributed by atoms with E-state index in [9.17, 15) is 14.7 Å². The normalized spacial score (nSPS) is 11.3. The Balaban J connectivity index is 2.04. The zero-order valence-corrected chi connectivity index (χ0v) is 12.6. The average molecular weight is 315 g/mol. The summed E-state index contributed by atoms with van der Waals surface area (Å²) in [6.07, 6.45) is -0.813. The maximum Gasteiger partial charge on any atom is 0.408 e. The van der Waals surface area contributed by atoms with E-state index in [1.165, 1.54) is 7.11 Å². The van der Waals surface area contributed by atoms with Crippen molar-refractivity contribution in [1.29, 1.82) is 0 Å². The maximum atomic E-state index is 11.9. The number of alkyl carbamates (subject to hydrolysis) is 1. The Labute approximate surface area is 133 Å². The summed E-state index contributed by atoms with van der Waals surface area (Å²) in [5.74, 6) is -0.825. The molecular weight excluding hydrogens is 298 g/mol. The second kappa shape index (κ2) is 7.84. The predicted molar refractivity (Wildman–Crippen MR) is 83.1 cm³/mol. The van der Waals surface area contributed by atoms with Crippen molar-refractivity contribution in [1.82, 2.24) is 5.32 Å². The van der Waals surface area contributed by atoms with Gasteiger partial charge in [0, 0.05) is 5.56 Å². The standard InChI is InChI=1S/C17H17NO5/c1-22-14-10-6-5-9-13(14)15(16(19)20)18-17(21)23-11-12-7-3-2-4-8-12/h2-10,15H,11H2,1H3,(H,18,21)(H,19,20)/t15-/m0/s1. The number of amides is 1. The van der Waals surface area contributed by atoms with E-state index in [0.717, 1.165) is 5.56 Å². The number of nitrogens with one attached hydrogen (secondary N) is 1. The van der Waals surface area contributed by atoms with Gasteiger partial charge in [-0.1, -0.05) is 48.5 Å². The van der Waals surface area contributed by atoms with Crippen molar-refractivity contribution in [3.63, 3.8) is 0 Å². The van der Waals surface area contributed by atoms with Gasteiger partial charge in [0.25, 0.3) is 0 Å². The van der Waals surface area contributed by atoms with Crippen molar-refractivity contribution in [2.75, 3.05) is 7.11 Å². The average Bonchev–Trinajstić information content (AvgIpc) is 2.58. The fourth-order valence-electron chi connectivity index (χ4n) is 2.06. The summed E-state index contributed by atoms with van der Waals surface area (Å²) in [6.45, 7) is 0.0605. The van der Waals surface area contributed by atoms with Gasteiger partial charge in [-0.3, -0.25) is 0 Å². The van der Waals surface area contributed by atoms with Gasteiger partial charge < -0.3 is 19.9 Å². The van der Waals surface area contributed by atoms with Gasteiger partial charge in [-0.2, -0.15) is 0 Å². The first-order valence-corrected chi connectivity index (χ1v) is 6.94. The molecule has 0 saturated carbocycles. The minimum absolute atomic E-state index is 0.0605. The summed E-state index contributed by atoms with van der Waals surface area (Å²) in [5, 5.41) is 11.7. The summed E-state index contributed by atoms with van der Waals surface area (Å²) in [7, 11) is 1.44. The lowest BCUT2D eigenvalue weighted by molar-refractivity contribution is -0.139. The molecule has 6 nitrogen and oxygen atoms in total. The number of carboxylic acid groups (broad SMARTS) is 1. The van der Waals surface area contributed by atoms with Crippen LogP contribution in [0.25, 0.3) is 0 Å². The van der Waals surface area contributed by atoms with Gasteiger partial charge in [-0.25, -0.2) is 9.59 Å². The van der Waals surface area contributed by atoms with Crippen molar-refractivity contribution < 1.29 is 24.2 Å². The van der Waals surface area contributed by atoms with Crippen LogP contribution in [0.15, 0.2) is 54.6 Å². The highest BCUT2D eigenvalue weighted by Gasteiger charge is 2.25. The van der Waals surface area contributed by atoms with Gasteiger partial charge in [0.15, 0.2) is 6.04 Å². The van der Waals surface area contributed by atoms with Crippen molar-refractivity contribution in [3.05, 3.63) is 65.7 Å². The molecular formula is C17H17NO5. The van der Waals surface area contributed by atoms with E-state index >= 15 is 0 Å². The highest BCUT2D eigenvalue weighted by atomic mass is 16.5. The summed E-state index contributed by atoms with van der Waals surface area (Å²) < 4.78 is 10.2. The minimum atomic E-state index is -1.26.